The molecule has 0 saturated carbocycles. The molecule has 0 radical (unpaired) electrons. The molecule has 0 bridgehead atoms. The molecule has 0 spiro atoms. The van der Waals surface area contributed by atoms with Crippen LogP contribution in [0.5, 0.6) is 0 Å². The fraction of sp³-hybridized carbons (Fsp3) is 0.833. The average molecular weight is 131 g/mol. The number of methoxy groups -OCH3 is 1. The molecule has 0 saturated heterocycles. The third-order valence-electron chi connectivity index (χ3n) is 1.24. The first-order valence-electron chi connectivity index (χ1n) is 3.01. The number of esters is 1. The van der Waals surface area contributed by atoms with Gasteiger partial charge in [-0.3, -0.25) is 4.79 Å². The maximum Gasteiger partial charge on any atom is 0.322 e. The highest BCUT2D eigenvalue weighted by Crippen LogP contribution is 1.90. The molecule has 9 heavy (non-hydrogen) atoms. The molecule has 54 valence electrons. The summed E-state index contributed by atoms with van der Waals surface area (Å²) in [7, 11) is 3.13. The lowest BCUT2D eigenvalue weighted by Gasteiger charge is -2.09. The average Bonchev–Trinajstić information content (AvgIpc) is 1.90. The lowest BCUT2D eigenvalue weighted by molar-refractivity contribution is -0.143. The third kappa shape index (κ3) is 2.46. The summed E-state index contributed by atoms with van der Waals surface area (Å²) in [5, 5.41) is 2.83. The monoisotopic (exact) mass is 131 g/mol. The molecule has 3 heteroatoms. The lowest BCUT2D eigenvalue weighted by atomic mass is 10.2. The standard InChI is InChI=1S/C6H13NO2/c1-4-5(7-2)6(8)9-3/h5,7H,4H2,1-3H3/t5-/m0/s1. The molecular formula is C6H13NO2. The van der Waals surface area contributed by atoms with Crippen LogP contribution >= 0.6 is 0 Å². The molecule has 1 N–H and O–H groups in total. The van der Waals surface area contributed by atoms with Crippen LogP contribution in [0.4, 0.5) is 0 Å². The Morgan fingerprint density at radius 2 is 2.33 bits per heavy atom. The van der Waals surface area contributed by atoms with E-state index in [0.29, 0.717) is 0 Å². The van der Waals surface area contributed by atoms with Gasteiger partial charge in [-0.15, -0.1) is 0 Å². The smallest absolute Gasteiger partial charge is 0.322 e. The highest BCUT2D eigenvalue weighted by atomic mass is 16.5. The molecule has 3 nitrogen and oxygen atoms in total. The Bertz CT molecular complexity index is 89.1. The summed E-state index contributed by atoms with van der Waals surface area (Å²) in [5.74, 6) is -0.194. The van der Waals surface area contributed by atoms with Gasteiger partial charge in [0.15, 0.2) is 0 Å². The fourth-order valence-electron chi connectivity index (χ4n) is 0.631. The van der Waals surface area contributed by atoms with E-state index in [-0.39, 0.29) is 12.0 Å². The van der Waals surface area contributed by atoms with E-state index >= 15 is 0 Å². The quantitative estimate of drug-likeness (QED) is 0.554. The molecule has 0 unspecified atom stereocenters. The minimum absolute atomic E-state index is 0.144. The van der Waals surface area contributed by atoms with E-state index in [0.717, 1.165) is 6.42 Å². The van der Waals surface area contributed by atoms with E-state index in [4.69, 9.17) is 0 Å². The van der Waals surface area contributed by atoms with Crippen molar-refractivity contribution in [1.82, 2.24) is 5.32 Å². The van der Waals surface area contributed by atoms with Crippen molar-refractivity contribution in [2.45, 2.75) is 19.4 Å². The van der Waals surface area contributed by atoms with Crippen LogP contribution < -0.4 is 5.32 Å². The van der Waals surface area contributed by atoms with Crippen molar-refractivity contribution in [3.63, 3.8) is 0 Å². The number of ether oxygens (including phenoxy) is 1. The number of nitrogens with one attached hydrogen (secondary N) is 1. The summed E-state index contributed by atoms with van der Waals surface area (Å²) in [6.07, 6.45) is 0.767. The van der Waals surface area contributed by atoms with Gasteiger partial charge in [0, 0.05) is 0 Å². The van der Waals surface area contributed by atoms with Gasteiger partial charge in [-0.25, -0.2) is 0 Å². The van der Waals surface area contributed by atoms with Crippen LogP contribution in [0.3, 0.4) is 0 Å². The van der Waals surface area contributed by atoms with Crippen LogP contribution in [0, 0.1) is 0 Å². The fourth-order valence-corrected chi connectivity index (χ4v) is 0.631. The number of carbonyl (C=O) groups excluding carboxylic acids is 1. The van der Waals surface area contributed by atoms with Crippen molar-refractivity contribution in [2.24, 2.45) is 0 Å². The second-order valence-corrected chi connectivity index (χ2v) is 1.77. The molecule has 0 heterocycles. The van der Waals surface area contributed by atoms with Crippen LogP contribution in [0.1, 0.15) is 13.3 Å². The van der Waals surface area contributed by atoms with E-state index in [9.17, 15) is 4.79 Å². The van der Waals surface area contributed by atoms with Crippen molar-refractivity contribution >= 4 is 5.97 Å². The number of hydrogen-bond acceptors (Lipinski definition) is 3. The maximum atomic E-state index is 10.7. The molecule has 0 aromatic rings. The number of rotatable bonds is 3. The van der Waals surface area contributed by atoms with Crippen LogP contribution in [-0.2, 0) is 9.53 Å². The number of hydrogen-bond donors (Lipinski definition) is 1. The van der Waals surface area contributed by atoms with Crippen LogP contribution in [-0.4, -0.2) is 26.2 Å². The van der Waals surface area contributed by atoms with Gasteiger partial charge in [0.25, 0.3) is 0 Å². The van der Waals surface area contributed by atoms with Crippen molar-refractivity contribution < 1.29 is 9.53 Å². The normalized spacial score (nSPS) is 12.8. The highest BCUT2D eigenvalue weighted by molar-refractivity contribution is 5.75. The number of carbonyl (C=O) groups is 1. The largest absolute Gasteiger partial charge is 0.468 e. The predicted molar refractivity (Wildman–Crippen MR) is 35.2 cm³/mol. The zero-order valence-electron chi connectivity index (χ0n) is 6.10. The molecule has 0 amide bonds. The summed E-state index contributed by atoms with van der Waals surface area (Å²) in [6, 6.07) is -0.144. The first-order chi connectivity index (χ1) is 4.26. The molecule has 0 aliphatic heterocycles. The van der Waals surface area contributed by atoms with Gasteiger partial charge < -0.3 is 10.1 Å². The van der Waals surface area contributed by atoms with Crippen molar-refractivity contribution in [3.8, 4) is 0 Å². The first-order valence-corrected chi connectivity index (χ1v) is 3.01. The van der Waals surface area contributed by atoms with Gasteiger partial charge in [-0.2, -0.15) is 0 Å². The molecule has 0 fully saturated rings. The Labute approximate surface area is 55.4 Å². The minimum atomic E-state index is -0.194. The van der Waals surface area contributed by atoms with Gasteiger partial charge in [0.2, 0.25) is 0 Å². The van der Waals surface area contributed by atoms with Gasteiger partial charge in [-0.05, 0) is 13.5 Å². The van der Waals surface area contributed by atoms with Crippen molar-refractivity contribution in [1.29, 1.82) is 0 Å². The zero-order valence-corrected chi connectivity index (χ0v) is 6.10. The summed E-state index contributed by atoms with van der Waals surface area (Å²) < 4.78 is 4.49. The molecule has 0 aliphatic carbocycles. The second kappa shape index (κ2) is 4.32. The molecular weight excluding hydrogens is 118 g/mol. The summed E-state index contributed by atoms with van der Waals surface area (Å²) in [4.78, 5) is 10.7. The topological polar surface area (TPSA) is 38.3 Å². The first kappa shape index (κ1) is 8.43. The molecule has 0 aliphatic rings. The molecule has 0 aromatic heterocycles. The van der Waals surface area contributed by atoms with Gasteiger partial charge in [-0.1, -0.05) is 6.92 Å². The van der Waals surface area contributed by atoms with Crippen LogP contribution in [0.25, 0.3) is 0 Å². The third-order valence-corrected chi connectivity index (χ3v) is 1.24. The van der Waals surface area contributed by atoms with E-state index in [1.54, 1.807) is 7.05 Å². The molecule has 1 atom stereocenters. The van der Waals surface area contributed by atoms with Gasteiger partial charge >= 0.3 is 5.97 Å². The number of likely N-dealkylation sites (N-methyl/N-ethyl adjacent to an activating group) is 1. The Hall–Kier alpha value is -0.570. The van der Waals surface area contributed by atoms with E-state index in [2.05, 4.69) is 10.1 Å². The summed E-state index contributed by atoms with van der Waals surface area (Å²) in [5.41, 5.74) is 0. The van der Waals surface area contributed by atoms with E-state index in [1.807, 2.05) is 6.92 Å². The highest BCUT2D eigenvalue weighted by Gasteiger charge is 2.12. The van der Waals surface area contributed by atoms with Crippen molar-refractivity contribution in [3.05, 3.63) is 0 Å². The lowest BCUT2D eigenvalue weighted by Crippen LogP contribution is -2.34. The van der Waals surface area contributed by atoms with E-state index in [1.165, 1.54) is 7.11 Å². The van der Waals surface area contributed by atoms with Gasteiger partial charge in [0.05, 0.1) is 7.11 Å². The Balaban J connectivity index is 3.64. The Morgan fingerprint density at radius 3 is 2.44 bits per heavy atom. The van der Waals surface area contributed by atoms with E-state index < -0.39 is 0 Å². The maximum absolute atomic E-state index is 10.7. The summed E-state index contributed by atoms with van der Waals surface area (Å²) in [6.45, 7) is 1.93. The zero-order chi connectivity index (χ0) is 7.28. The summed E-state index contributed by atoms with van der Waals surface area (Å²) >= 11 is 0. The Kier molecular flexibility index (Phi) is 4.05. The van der Waals surface area contributed by atoms with Gasteiger partial charge in [0.1, 0.15) is 6.04 Å². The molecule has 0 rings (SSSR count). The van der Waals surface area contributed by atoms with Crippen LogP contribution in [0.15, 0.2) is 0 Å². The minimum Gasteiger partial charge on any atom is -0.468 e. The van der Waals surface area contributed by atoms with Crippen LogP contribution in [0.2, 0.25) is 0 Å². The predicted octanol–water partition coefficient (Wildman–Crippen LogP) is 0.157. The SMILES string of the molecule is CC[C@H](NC)C(=O)OC. The van der Waals surface area contributed by atoms with Crippen molar-refractivity contribution in [2.75, 3.05) is 14.2 Å². The second-order valence-electron chi connectivity index (χ2n) is 1.77. The Morgan fingerprint density at radius 1 is 1.78 bits per heavy atom. The molecule has 0 aromatic carbocycles.